The van der Waals surface area contributed by atoms with E-state index in [4.69, 9.17) is 4.42 Å². The van der Waals surface area contributed by atoms with E-state index in [0.29, 0.717) is 11.5 Å². The molecule has 1 aromatic rings. The lowest BCUT2D eigenvalue weighted by molar-refractivity contribution is -0.125. The van der Waals surface area contributed by atoms with Gasteiger partial charge in [-0.05, 0) is 26.0 Å². The summed E-state index contributed by atoms with van der Waals surface area (Å²) < 4.78 is 5.31. The van der Waals surface area contributed by atoms with Crippen molar-refractivity contribution in [2.75, 3.05) is 13.1 Å². The smallest absolute Gasteiger partial charge is 0.239 e. The summed E-state index contributed by atoms with van der Waals surface area (Å²) >= 11 is 0. The fraction of sp³-hybridized carbons (Fsp3) is 0.500. The summed E-state index contributed by atoms with van der Waals surface area (Å²) in [4.78, 5) is 22.0. The van der Waals surface area contributed by atoms with Crippen LogP contribution in [0.15, 0.2) is 16.5 Å². The Morgan fingerprint density at radius 3 is 2.56 bits per heavy atom. The minimum absolute atomic E-state index is 0.0123. The normalized spacial score (nSPS) is 13.8. The van der Waals surface area contributed by atoms with Crippen LogP contribution >= 0.6 is 0 Å². The fourth-order valence-corrected chi connectivity index (χ4v) is 1.35. The molecule has 1 rings (SSSR count). The van der Waals surface area contributed by atoms with Crippen LogP contribution in [0.2, 0.25) is 0 Å². The first-order valence-electron chi connectivity index (χ1n) is 5.62. The average molecular weight is 254 g/mol. The number of carbonyl (C=O) groups excluding carboxylic acids is 2. The highest BCUT2D eigenvalue weighted by atomic mass is 16.4. The predicted octanol–water partition coefficient (Wildman–Crippen LogP) is 0.0478. The predicted molar refractivity (Wildman–Crippen MR) is 64.7 cm³/mol. The fourth-order valence-electron chi connectivity index (χ4n) is 1.35. The third-order valence-electron chi connectivity index (χ3n) is 2.40. The Kier molecular flexibility index (Phi) is 4.49. The van der Waals surface area contributed by atoms with Gasteiger partial charge in [-0.2, -0.15) is 0 Å². The molecule has 2 amide bonds. The van der Waals surface area contributed by atoms with E-state index in [1.807, 2.05) is 0 Å². The first-order valence-corrected chi connectivity index (χ1v) is 5.62. The van der Waals surface area contributed by atoms with E-state index in [1.54, 1.807) is 26.0 Å². The zero-order valence-electron chi connectivity index (χ0n) is 10.7. The number of amides is 2. The summed E-state index contributed by atoms with van der Waals surface area (Å²) in [5, 5.41) is 15.0. The molecule has 0 aliphatic rings. The van der Waals surface area contributed by atoms with Crippen molar-refractivity contribution in [3.8, 4) is 0 Å². The number of aryl methyl sites for hydroxylation is 1. The Labute approximate surface area is 105 Å². The summed E-state index contributed by atoms with van der Waals surface area (Å²) in [5.41, 5.74) is -1.28. The van der Waals surface area contributed by atoms with Gasteiger partial charge >= 0.3 is 0 Å². The van der Waals surface area contributed by atoms with Crippen LogP contribution in [0, 0.1) is 6.92 Å². The molecule has 1 unspecified atom stereocenters. The van der Waals surface area contributed by atoms with Crippen molar-refractivity contribution in [1.29, 1.82) is 0 Å². The molecule has 18 heavy (non-hydrogen) atoms. The molecule has 0 aromatic carbocycles. The van der Waals surface area contributed by atoms with Gasteiger partial charge in [0.25, 0.3) is 0 Å². The molecule has 1 aromatic heterocycles. The monoisotopic (exact) mass is 254 g/mol. The largest absolute Gasteiger partial charge is 0.463 e. The number of rotatable bonds is 5. The van der Waals surface area contributed by atoms with Crippen molar-refractivity contribution in [1.82, 2.24) is 10.6 Å². The van der Waals surface area contributed by atoms with E-state index < -0.39 is 5.60 Å². The van der Waals surface area contributed by atoms with Crippen LogP contribution < -0.4 is 10.6 Å². The van der Waals surface area contributed by atoms with Gasteiger partial charge in [-0.1, -0.05) is 0 Å². The Morgan fingerprint density at radius 2 is 2.06 bits per heavy atom. The lowest BCUT2D eigenvalue weighted by Crippen LogP contribution is -2.42. The molecule has 0 saturated carbocycles. The number of nitrogens with one attached hydrogen (secondary N) is 2. The van der Waals surface area contributed by atoms with E-state index in [2.05, 4.69) is 10.6 Å². The van der Waals surface area contributed by atoms with E-state index in [9.17, 15) is 14.7 Å². The van der Waals surface area contributed by atoms with Crippen LogP contribution in [0.4, 0.5) is 0 Å². The van der Waals surface area contributed by atoms with Crippen molar-refractivity contribution in [3.05, 3.63) is 23.7 Å². The molecule has 0 bridgehead atoms. The minimum Gasteiger partial charge on any atom is -0.463 e. The molecule has 0 aliphatic carbocycles. The number of aliphatic hydroxyl groups is 1. The second kappa shape index (κ2) is 5.68. The molecule has 6 nitrogen and oxygen atoms in total. The topological polar surface area (TPSA) is 91.6 Å². The molecule has 1 atom stereocenters. The van der Waals surface area contributed by atoms with Crippen LogP contribution in [0.25, 0.3) is 0 Å². The molecule has 0 radical (unpaired) electrons. The van der Waals surface area contributed by atoms with Crippen molar-refractivity contribution in [2.45, 2.75) is 26.4 Å². The molecule has 100 valence electrons. The van der Waals surface area contributed by atoms with Crippen LogP contribution in [-0.2, 0) is 15.2 Å². The van der Waals surface area contributed by atoms with Gasteiger partial charge in [0.2, 0.25) is 11.8 Å². The number of carbonyl (C=O) groups is 2. The van der Waals surface area contributed by atoms with Gasteiger partial charge in [-0.25, -0.2) is 0 Å². The lowest BCUT2D eigenvalue weighted by Gasteiger charge is -2.21. The quantitative estimate of drug-likeness (QED) is 0.692. The molecule has 0 aliphatic heterocycles. The van der Waals surface area contributed by atoms with Gasteiger partial charge in [0.15, 0.2) is 0 Å². The highest BCUT2D eigenvalue weighted by Crippen LogP contribution is 2.21. The maximum absolute atomic E-state index is 11.4. The van der Waals surface area contributed by atoms with E-state index in [-0.39, 0.29) is 24.9 Å². The molecule has 3 N–H and O–H groups in total. The number of hydrogen-bond acceptors (Lipinski definition) is 4. The molecule has 0 saturated heterocycles. The van der Waals surface area contributed by atoms with Crippen LogP contribution in [0.5, 0.6) is 0 Å². The standard InChI is InChI=1S/C12H18N2O4/c1-8-4-5-10(18-8)12(3,17)7-14-11(16)6-13-9(2)15/h4-5,17H,6-7H2,1-3H3,(H,13,15)(H,14,16). The van der Waals surface area contributed by atoms with Crippen LogP contribution in [-0.4, -0.2) is 30.0 Å². The van der Waals surface area contributed by atoms with E-state index in [1.165, 1.54) is 6.92 Å². The molecular weight excluding hydrogens is 236 g/mol. The van der Waals surface area contributed by atoms with Gasteiger partial charge in [-0.3, -0.25) is 9.59 Å². The second-order valence-electron chi connectivity index (χ2n) is 4.37. The SMILES string of the molecule is CC(=O)NCC(=O)NCC(C)(O)c1ccc(C)o1. The minimum atomic E-state index is -1.28. The Morgan fingerprint density at radius 1 is 1.39 bits per heavy atom. The van der Waals surface area contributed by atoms with Gasteiger partial charge in [0, 0.05) is 6.92 Å². The van der Waals surface area contributed by atoms with Gasteiger partial charge < -0.3 is 20.2 Å². The maximum Gasteiger partial charge on any atom is 0.239 e. The first kappa shape index (κ1) is 14.2. The molecule has 0 spiro atoms. The summed E-state index contributed by atoms with van der Waals surface area (Å²) in [5.74, 6) is 0.432. The van der Waals surface area contributed by atoms with Crippen LogP contribution in [0.1, 0.15) is 25.4 Å². The summed E-state index contributed by atoms with van der Waals surface area (Å²) in [6.45, 7) is 4.55. The third kappa shape index (κ3) is 4.21. The highest BCUT2D eigenvalue weighted by molar-refractivity contribution is 5.83. The van der Waals surface area contributed by atoms with Gasteiger partial charge in [-0.15, -0.1) is 0 Å². The Hall–Kier alpha value is -1.82. The lowest BCUT2D eigenvalue weighted by atomic mass is 10.0. The van der Waals surface area contributed by atoms with E-state index >= 15 is 0 Å². The zero-order valence-corrected chi connectivity index (χ0v) is 10.7. The first-order chi connectivity index (χ1) is 8.31. The van der Waals surface area contributed by atoms with Gasteiger partial charge in [0.05, 0.1) is 13.1 Å². The van der Waals surface area contributed by atoms with Crippen molar-refractivity contribution < 1.29 is 19.1 Å². The Bertz CT molecular complexity index is 437. The van der Waals surface area contributed by atoms with Crippen molar-refractivity contribution in [3.63, 3.8) is 0 Å². The van der Waals surface area contributed by atoms with Crippen LogP contribution in [0.3, 0.4) is 0 Å². The summed E-state index contributed by atoms with van der Waals surface area (Å²) in [6.07, 6.45) is 0. The van der Waals surface area contributed by atoms with E-state index in [0.717, 1.165) is 0 Å². The number of hydrogen-bond donors (Lipinski definition) is 3. The van der Waals surface area contributed by atoms with Crippen molar-refractivity contribution in [2.24, 2.45) is 0 Å². The second-order valence-corrected chi connectivity index (χ2v) is 4.37. The average Bonchev–Trinajstić information content (AvgIpc) is 2.71. The zero-order chi connectivity index (χ0) is 13.8. The third-order valence-corrected chi connectivity index (χ3v) is 2.40. The summed E-state index contributed by atoms with van der Waals surface area (Å²) in [6, 6.07) is 3.40. The molecule has 0 fully saturated rings. The molecule has 1 heterocycles. The molecular formula is C12H18N2O4. The maximum atomic E-state index is 11.4. The Balaban J connectivity index is 2.46. The number of furan rings is 1. The summed E-state index contributed by atoms with van der Waals surface area (Å²) in [7, 11) is 0. The van der Waals surface area contributed by atoms with Crippen molar-refractivity contribution >= 4 is 11.8 Å². The highest BCUT2D eigenvalue weighted by Gasteiger charge is 2.27. The van der Waals surface area contributed by atoms with Gasteiger partial charge in [0.1, 0.15) is 17.1 Å². The molecule has 6 heteroatoms.